The topological polar surface area (TPSA) is 91.0 Å². The number of benzene rings is 1. The van der Waals surface area contributed by atoms with Crippen LogP contribution in [0.5, 0.6) is 0 Å². The highest BCUT2D eigenvalue weighted by Crippen LogP contribution is 2.22. The van der Waals surface area contributed by atoms with Crippen LogP contribution >= 0.6 is 0 Å². The van der Waals surface area contributed by atoms with Crippen molar-refractivity contribution in [1.29, 1.82) is 0 Å². The number of rotatable bonds is 4. The number of aromatic nitrogens is 3. The molecule has 4 rings (SSSR count). The minimum absolute atomic E-state index is 0.243. The molecule has 0 radical (unpaired) electrons. The van der Waals surface area contributed by atoms with Gasteiger partial charge in [0.25, 0.3) is 5.91 Å². The van der Waals surface area contributed by atoms with Gasteiger partial charge in [0.2, 0.25) is 5.56 Å². The average Bonchev–Trinajstić information content (AvgIpc) is 3.24. The lowest BCUT2D eigenvalue weighted by molar-refractivity contribution is 0.102. The molecular weight excluding hydrogens is 342 g/mol. The molecule has 0 atom stereocenters. The quantitative estimate of drug-likeness (QED) is 0.745. The van der Waals surface area contributed by atoms with E-state index in [1.807, 2.05) is 36.4 Å². The first-order chi connectivity index (χ1) is 13.2. The van der Waals surface area contributed by atoms with Crippen molar-refractivity contribution >= 4 is 17.4 Å². The van der Waals surface area contributed by atoms with Crippen molar-refractivity contribution in [3.63, 3.8) is 0 Å². The minimum atomic E-state index is -0.284. The molecule has 2 aromatic heterocycles. The maximum absolute atomic E-state index is 12.2. The van der Waals surface area contributed by atoms with Gasteiger partial charge in [-0.05, 0) is 43.2 Å². The predicted molar refractivity (Wildman–Crippen MR) is 104 cm³/mol. The zero-order chi connectivity index (χ0) is 18.6. The SMILES string of the molecule is O=C(Nc1ccc(-c2ccc(N3CCCC3)nn2)cc1)c1ccc(=O)[nH]c1. The Morgan fingerprint density at radius 1 is 0.963 bits per heavy atom. The Hall–Kier alpha value is -3.48. The van der Waals surface area contributed by atoms with Crippen LogP contribution in [0.3, 0.4) is 0 Å². The minimum Gasteiger partial charge on any atom is -0.355 e. The summed E-state index contributed by atoms with van der Waals surface area (Å²) >= 11 is 0. The van der Waals surface area contributed by atoms with Gasteiger partial charge in [-0.25, -0.2) is 0 Å². The normalized spacial score (nSPS) is 13.6. The molecule has 2 N–H and O–H groups in total. The van der Waals surface area contributed by atoms with Crippen LogP contribution in [0.4, 0.5) is 11.5 Å². The van der Waals surface area contributed by atoms with Crippen molar-refractivity contribution in [3.8, 4) is 11.3 Å². The van der Waals surface area contributed by atoms with Gasteiger partial charge in [0.1, 0.15) is 0 Å². The highest BCUT2D eigenvalue weighted by atomic mass is 16.1. The number of carbonyl (C=O) groups excluding carboxylic acids is 1. The Balaban J connectivity index is 1.44. The maximum Gasteiger partial charge on any atom is 0.257 e. The number of nitrogens with zero attached hydrogens (tertiary/aromatic N) is 3. The molecule has 136 valence electrons. The van der Waals surface area contributed by atoms with E-state index in [9.17, 15) is 9.59 Å². The third-order valence-corrected chi connectivity index (χ3v) is 4.57. The van der Waals surface area contributed by atoms with E-state index < -0.39 is 0 Å². The fourth-order valence-electron chi connectivity index (χ4n) is 3.07. The molecule has 1 saturated heterocycles. The molecule has 1 fully saturated rings. The monoisotopic (exact) mass is 361 g/mol. The molecule has 0 spiro atoms. The van der Waals surface area contributed by atoms with Crippen molar-refractivity contribution < 1.29 is 4.79 Å². The van der Waals surface area contributed by atoms with E-state index in [0.717, 1.165) is 30.2 Å². The van der Waals surface area contributed by atoms with E-state index >= 15 is 0 Å². The molecule has 0 aliphatic carbocycles. The second-order valence-electron chi connectivity index (χ2n) is 6.44. The smallest absolute Gasteiger partial charge is 0.257 e. The first-order valence-electron chi connectivity index (χ1n) is 8.88. The lowest BCUT2D eigenvalue weighted by Gasteiger charge is -2.15. The molecule has 7 heteroatoms. The fraction of sp³-hybridized carbons (Fsp3) is 0.200. The maximum atomic E-state index is 12.2. The zero-order valence-electron chi connectivity index (χ0n) is 14.7. The summed E-state index contributed by atoms with van der Waals surface area (Å²) in [6.45, 7) is 2.08. The van der Waals surface area contributed by atoms with Crippen LogP contribution in [-0.2, 0) is 0 Å². The molecule has 0 saturated carbocycles. The van der Waals surface area contributed by atoms with Crippen LogP contribution in [0.15, 0.2) is 59.5 Å². The van der Waals surface area contributed by atoms with Crippen LogP contribution in [0.25, 0.3) is 11.3 Å². The van der Waals surface area contributed by atoms with Gasteiger partial charge in [-0.3, -0.25) is 9.59 Å². The van der Waals surface area contributed by atoms with Crippen molar-refractivity contribution in [1.82, 2.24) is 15.2 Å². The summed E-state index contributed by atoms with van der Waals surface area (Å²) in [5.41, 5.74) is 2.53. The molecule has 0 bridgehead atoms. The molecule has 3 aromatic rings. The highest BCUT2D eigenvalue weighted by molar-refractivity contribution is 6.04. The van der Waals surface area contributed by atoms with Crippen LogP contribution in [-0.4, -0.2) is 34.2 Å². The molecule has 27 heavy (non-hydrogen) atoms. The number of pyridine rings is 1. The molecule has 1 amide bonds. The lowest BCUT2D eigenvalue weighted by atomic mass is 10.1. The van der Waals surface area contributed by atoms with E-state index in [1.165, 1.54) is 31.2 Å². The summed E-state index contributed by atoms with van der Waals surface area (Å²) in [7, 11) is 0. The molecule has 1 aromatic carbocycles. The number of nitrogens with one attached hydrogen (secondary N) is 2. The Kier molecular flexibility index (Phi) is 4.65. The lowest BCUT2D eigenvalue weighted by Crippen LogP contribution is -2.19. The number of hydrogen-bond donors (Lipinski definition) is 2. The van der Waals surface area contributed by atoms with E-state index in [-0.39, 0.29) is 11.5 Å². The van der Waals surface area contributed by atoms with Gasteiger partial charge in [0.15, 0.2) is 5.82 Å². The molecule has 3 heterocycles. The Morgan fingerprint density at radius 3 is 2.37 bits per heavy atom. The van der Waals surface area contributed by atoms with E-state index in [4.69, 9.17) is 0 Å². The highest BCUT2D eigenvalue weighted by Gasteiger charge is 2.14. The third kappa shape index (κ3) is 3.87. The third-order valence-electron chi connectivity index (χ3n) is 4.57. The summed E-state index contributed by atoms with van der Waals surface area (Å²) in [6.07, 6.45) is 3.80. The summed E-state index contributed by atoms with van der Waals surface area (Å²) in [6, 6.07) is 14.2. The van der Waals surface area contributed by atoms with E-state index in [1.54, 1.807) is 0 Å². The number of aromatic amines is 1. The summed E-state index contributed by atoms with van der Waals surface area (Å²) in [4.78, 5) is 28.0. The Labute approximate surface area is 156 Å². The average molecular weight is 361 g/mol. The van der Waals surface area contributed by atoms with Crippen molar-refractivity contribution in [2.75, 3.05) is 23.3 Å². The van der Waals surface area contributed by atoms with Gasteiger partial charge in [-0.2, -0.15) is 0 Å². The van der Waals surface area contributed by atoms with Gasteiger partial charge in [-0.15, -0.1) is 10.2 Å². The number of anilines is 2. The summed E-state index contributed by atoms with van der Waals surface area (Å²) in [5, 5.41) is 11.5. The summed E-state index contributed by atoms with van der Waals surface area (Å²) in [5.74, 6) is 0.634. The second-order valence-corrected chi connectivity index (χ2v) is 6.44. The van der Waals surface area contributed by atoms with Crippen LogP contribution in [0.2, 0.25) is 0 Å². The Bertz CT molecular complexity index is 970. The number of H-pyrrole nitrogens is 1. The number of carbonyl (C=O) groups is 1. The predicted octanol–water partition coefficient (Wildman–Crippen LogP) is 2.68. The van der Waals surface area contributed by atoms with Crippen LogP contribution in [0.1, 0.15) is 23.2 Å². The van der Waals surface area contributed by atoms with Gasteiger partial charge in [0, 0.05) is 36.6 Å². The Morgan fingerprint density at radius 2 is 1.74 bits per heavy atom. The molecule has 1 aliphatic rings. The van der Waals surface area contributed by atoms with E-state index in [2.05, 4.69) is 25.4 Å². The van der Waals surface area contributed by atoms with Gasteiger partial charge in [0.05, 0.1) is 11.3 Å². The second kappa shape index (κ2) is 7.41. The largest absolute Gasteiger partial charge is 0.355 e. The van der Waals surface area contributed by atoms with E-state index in [0.29, 0.717) is 11.3 Å². The van der Waals surface area contributed by atoms with Crippen molar-refractivity contribution in [3.05, 3.63) is 70.6 Å². The van der Waals surface area contributed by atoms with Crippen LogP contribution < -0.4 is 15.8 Å². The molecule has 7 nitrogen and oxygen atoms in total. The molecular formula is C20H19N5O2. The molecule has 0 unspecified atom stereocenters. The first-order valence-corrected chi connectivity index (χ1v) is 8.88. The van der Waals surface area contributed by atoms with Crippen molar-refractivity contribution in [2.24, 2.45) is 0 Å². The van der Waals surface area contributed by atoms with Crippen molar-refractivity contribution in [2.45, 2.75) is 12.8 Å². The standard InChI is InChI=1S/C20H19N5O2/c26-19-10-5-15(13-21-19)20(27)22-16-6-3-14(4-7-16)17-8-9-18(24-23-17)25-11-1-2-12-25/h3-10,13H,1-2,11-12H2,(H,21,26)(H,22,27). The van der Waals surface area contributed by atoms with Crippen LogP contribution in [0, 0.1) is 0 Å². The fourth-order valence-corrected chi connectivity index (χ4v) is 3.07. The number of amides is 1. The summed E-state index contributed by atoms with van der Waals surface area (Å²) < 4.78 is 0. The van der Waals surface area contributed by atoms with Gasteiger partial charge in [-0.1, -0.05) is 12.1 Å². The first kappa shape index (κ1) is 17.0. The number of hydrogen-bond acceptors (Lipinski definition) is 5. The zero-order valence-corrected chi connectivity index (χ0v) is 14.7. The van der Waals surface area contributed by atoms with Gasteiger partial charge >= 0.3 is 0 Å². The molecule has 1 aliphatic heterocycles. The van der Waals surface area contributed by atoms with Gasteiger partial charge < -0.3 is 15.2 Å².